The van der Waals surface area contributed by atoms with E-state index in [1.807, 2.05) is 27.7 Å². The normalized spacial score (nSPS) is 11.3. The van der Waals surface area contributed by atoms with Gasteiger partial charge in [0.15, 0.2) is 0 Å². The molecule has 2 aromatic carbocycles. The SMILES string of the molecule is CCN(CC(=O)Nc1cc(C(C)(C)C)nn1-c1ccc(F)cc1)C(=O)c1ccc(Cl)cc1. The first-order chi connectivity index (χ1) is 15.1. The molecule has 3 rings (SSSR count). The Labute approximate surface area is 192 Å². The van der Waals surface area contributed by atoms with Crippen LogP contribution in [0.1, 0.15) is 43.7 Å². The molecule has 0 aliphatic carbocycles. The number of hydrogen-bond acceptors (Lipinski definition) is 3. The van der Waals surface area contributed by atoms with Crippen molar-refractivity contribution < 1.29 is 14.0 Å². The summed E-state index contributed by atoms with van der Waals surface area (Å²) < 4.78 is 14.9. The van der Waals surface area contributed by atoms with E-state index in [4.69, 9.17) is 11.6 Å². The molecule has 0 atom stereocenters. The Morgan fingerprint density at radius 1 is 1.09 bits per heavy atom. The molecular formula is C24H26ClFN4O2. The van der Waals surface area contributed by atoms with Crippen molar-refractivity contribution >= 4 is 29.2 Å². The lowest BCUT2D eigenvalue weighted by Crippen LogP contribution is -2.38. The van der Waals surface area contributed by atoms with Crippen LogP contribution in [0.5, 0.6) is 0 Å². The monoisotopic (exact) mass is 456 g/mol. The third-order valence-corrected chi connectivity index (χ3v) is 5.16. The molecule has 0 bridgehead atoms. The van der Waals surface area contributed by atoms with Gasteiger partial charge in [0.2, 0.25) is 5.91 Å². The highest BCUT2D eigenvalue weighted by molar-refractivity contribution is 6.30. The van der Waals surface area contributed by atoms with Gasteiger partial charge in [-0.1, -0.05) is 32.4 Å². The van der Waals surface area contributed by atoms with Crippen molar-refractivity contribution in [2.75, 3.05) is 18.4 Å². The topological polar surface area (TPSA) is 67.2 Å². The largest absolute Gasteiger partial charge is 0.330 e. The minimum atomic E-state index is -0.363. The molecule has 0 unspecified atom stereocenters. The zero-order valence-electron chi connectivity index (χ0n) is 18.5. The molecule has 32 heavy (non-hydrogen) atoms. The standard InChI is InChI=1S/C24H26ClFN4O2/c1-5-29(23(32)16-6-8-17(25)9-7-16)15-22(31)27-21-14-20(24(2,3)4)28-30(21)19-12-10-18(26)11-13-19/h6-14H,5,15H2,1-4H3,(H,27,31). The van der Waals surface area contributed by atoms with Gasteiger partial charge in [0.1, 0.15) is 18.2 Å². The number of anilines is 1. The number of nitrogens with zero attached hydrogens (tertiary/aromatic N) is 3. The quantitative estimate of drug-likeness (QED) is 0.563. The number of carbonyl (C=O) groups is 2. The highest BCUT2D eigenvalue weighted by atomic mass is 35.5. The van der Waals surface area contributed by atoms with E-state index in [9.17, 15) is 14.0 Å². The Morgan fingerprint density at radius 3 is 2.28 bits per heavy atom. The van der Waals surface area contributed by atoms with E-state index in [2.05, 4.69) is 10.4 Å². The average molecular weight is 457 g/mol. The maximum Gasteiger partial charge on any atom is 0.254 e. The second kappa shape index (κ2) is 9.53. The highest BCUT2D eigenvalue weighted by Crippen LogP contribution is 2.26. The Kier molecular flexibility index (Phi) is 6.99. The van der Waals surface area contributed by atoms with Crippen LogP contribution in [0.2, 0.25) is 5.02 Å². The van der Waals surface area contributed by atoms with Gasteiger partial charge in [-0.05, 0) is 55.5 Å². The molecule has 3 aromatic rings. The lowest BCUT2D eigenvalue weighted by atomic mass is 9.92. The average Bonchev–Trinajstić information content (AvgIpc) is 3.17. The van der Waals surface area contributed by atoms with E-state index in [0.717, 1.165) is 5.69 Å². The highest BCUT2D eigenvalue weighted by Gasteiger charge is 2.23. The smallest absolute Gasteiger partial charge is 0.254 e. The number of benzene rings is 2. The van der Waals surface area contributed by atoms with Crippen molar-refractivity contribution in [1.82, 2.24) is 14.7 Å². The molecule has 0 aliphatic heterocycles. The Bertz CT molecular complexity index is 1100. The molecule has 8 heteroatoms. The van der Waals surface area contributed by atoms with Gasteiger partial charge in [0.05, 0.1) is 11.4 Å². The Morgan fingerprint density at radius 2 is 1.72 bits per heavy atom. The molecule has 0 saturated heterocycles. The summed E-state index contributed by atoms with van der Waals surface area (Å²) in [5.74, 6) is -0.539. The molecule has 1 heterocycles. The number of nitrogens with one attached hydrogen (secondary N) is 1. The molecule has 0 saturated carbocycles. The summed E-state index contributed by atoms with van der Waals surface area (Å²) in [5.41, 5.74) is 1.57. The van der Waals surface area contributed by atoms with Gasteiger partial charge >= 0.3 is 0 Å². The van der Waals surface area contributed by atoms with Crippen molar-refractivity contribution in [3.05, 3.63) is 76.7 Å². The molecular weight excluding hydrogens is 431 g/mol. The zero-order chi connectivity index (χ0) is 23.5. The van der Waals surface area contributed by atoms with Crippen LogP contribution in [0, 0.1) is 5.82 Å². The van der Waals surface area contributed by atoms with Crippen LogP contribution in [-0.4, -0.2) is 39.6 Å². The number of halogens is 2. The van der Waals surface area contributed by atoms with Gasteiger partial charge in [-0.3, -0.25) is 9.59 Å². The predicted octanol–water partition coefficient (Wildman–Crippen LogP) is 5.06. The summed E-state index contributed by atoms with van der Waals surface area (Å²) in [5, 5.41) is 7.99. The van der Waals surface area contributed by atoms with Crippen molar-refractivity contribution in [1.29, 1.82) is 0 Å². The van der Waals surface area contributed by atoms with E-state index < -0.39 is 0 Å². The van der Waals surface area contributed by atoms with Crippen LogP contribution in [0.15, 0.2) is 54.6 Å². The summed E-state index contributed by atoms with van der Waals surface area (Å²) in [4.78, 5) is 27.1. The van der Waals surface area contributed by atoms with Crippen LogP contribution < -0.4 is 5.32 Å². The molecule has 2 amide bonds. The van der Waals surface area contributed by atoms with Crippen LogP contribution in [0.25, 0.3) is 5.69 Å². The fourth-order valence-electron chi connectivity index (χ4n) is 3.07. The van der Waals surface area contributed by atoms with Crippen molar-refractivity contribution in [3.63, 3.8) is 0 Å². The van der Waals surface area contributed by atoms with E-state index in [1.54, 1.807) is 47.1 Å². The lowest BCUT2D eigenvalue weighted by Gasteiger charge is -2.20. The van der Waals surface area contributed by atoms with Crippen molar-refractivity contribution in [2.24, 2.45) is 0 Å². The third-order valence-electron chi connectivity index (χ3n) is 4.91. The van der Waals surface area contributed by atoms with E-state index in [-0.39, 0.29) is 29.6 Å². The van der Waals surface area contributed by atoms with Gasteiger partial charge in [0.25, 0.3) is 5.91 Å². The maximum atomic E-state index is 13.4. The third kappa shape index (κ3) is 5.53. The van der Waals surface area contributed by atoms with Crippen LogP contribution >= 0.6 is 11.6 Å². The summed E-state index contributed by atoms with van der Waals surface area (Å²) in [6, 6.07) is 14.2. The molecule has 0 aliphatic rings. The molecule has 6 nitrogen and oxygen atoms in total. The minimum absolute atomic E-state index is 0.128. The molecule has 0 radical (unpaired) electrons. The Balaban J connectivity index is 1.82. The number of aromatic nitrogens is 2. The lowest BCUT2D eigenvalue weighted by molar-refractivity contribution is -0.116. The summed E-state index contributed by atoms with van der Waals surface area (Å²) in [6.07, 6.45) is 0. The molecule has 0 fully saturated rings. The summed E-state index contributed by atoms with van der Waals surface area (Å²) in [6.45, 7) is 8.08. The van der Waals surface area contributed by atoms with E-state index >= 15 is 0 Å². The minimum Gasteiger partial charge on any atom is -0.330 e. The molecule has 1 N–H and O–H groups in total. The zero-order valence-corrected chi connectivity index (χ0v) is 19.3. The molecule has 1 aromatic heterocycles. The first-order valence-electron chi connectivity index (χ1n) is 10.3. The molecule has 0 spiro atoms. The fraction of sp³-hybridized carbons (Fsp3) is 0.292. The van der Waals surface area contributed by atoms with E-state index in [1.165, 1.54) is 17.0 Å². The molecule has 168 valence electrons. The van der Waals surface area contributed by atoms with E-state index in [0.29, 0.717) is 28.6 Å². The van der Waals surface area contributed by atoms with Crippen LogP contribution in [0.3, 0.4) is 0 Å². The van der Waals surface area contributed by atoms with Gasteiger partial charge in [0, 0.05) is 28.6 Å². The number of carbonyl (C=O) groups excluding carboxylic acids is 2. The van der Waals surface area contributed by atoms with Crippen LogP contribution in [-0.2, 0) is 10.2 Å². The number of amides is 2. The first-order valence-corrected chi connectivity index (χ1v) is 10.7. The summed E-state index contributed by atoms with van der Waals surface area (Å²) in [7, 11) is 0. The summed E-state index contributed by atoms with van der Waals surface area (Å²) >= 11 is 5.89. The maximum absolute atomic E-state index is 13.4. The second-order valence-corrected chi connectivity index (χ2v) is 8.86. The van der Waals surface area contributed by atoms with Gasteiger partial charge < -0.3 is 10.2 Å². The first kappa shape index (κ1) is 23.5. The van der Waals surface area contributed by atoms with Gasteiger partial charge in [-0.25, -0.2) is 9.07 Å². The fourth-order valence-corrected chi connectivity index (χ4v) is 3.20. The number of likely N-dealkylation sites (N-methyl/N-ethyl adjacent to an activating group) is 1. The van der Waals surface area contributed by atoms with Gasteiger partial charge in [-0.2, -0.15) is 5.10 Å². The number of hydrogen-bond donors (Lipinski definition) is 1. The number of rotatable bonds is 6. The predicted molar refractivity (Wildman–Crippen MR) is 124 cm³/mol. The van der Waals surface area contributed by atoms with Crippen molar-refractivity contribution in [3.8, 4) is 5.69 Å². The van der Waals surface area contributed by atoms with Crippen LogP contribution in [0.4, 0.5) is 10.2 Å². The van der Waals surface area contributed by atoms with Gasteiger partial charge in [-0.15, -0.1) is 0 Å². The Hall–Kier alpha value is -3.19. The second-order valence-electron chi connectivity index (χ2n) is 8.43. The van der Waals surface area contributed by atoms with Crippen molar-refractivity contribution in [2.45, 2.75) is 33.1 Å².